The number of amides is 1. The number of fused-ring (bicyclic) bond motifs is 1. The van der Waals surface area contributed by atoms with Gasteiger partial charge in [0.05, 0.1) is 11.3 Å². The second-order valence-electron chi connectivity index (χ2n) is 6.79. The van der Waals surface area contributed by atoms with Crippen molar-refractivity contribution < 1.29 is 4.79 Å². The molecule has 3 heterocycles. The summed E-state index contributed by atoms with van der Waals surface area (Å²) in [6, 6.07) is 1.88. The maximum Gasteiger partial charge on any atom is 0.278 e. The van der Waals surface area contributed by atoms with E-state index in [4.69, 9.17) is 0 Å². The summed E-state index contributed by atoms with van der Waals surface area (Å²) in [5, 5.41) is 0.632. The number of H-pyrrole nitrogens is 1. The van der Waals surface area contributed by atoms with Crippen LogP contribution in [0.25, 0.3) is 11.0 Å². The van der Waals surface area contributed by atoms with Gasteiger partial charge in [-0.1, -0.05) is 25.6 Å². The number of hydrogen-bond acceptors (Lipinski definition) is 4. The summed E-state index contributed by atoms with van der Waals surface area (Å²) in [6.45, 7) is 8.35. The normalized spacial score (nSPS) is 14.9. The van der Waals surface area contributed by atoms with Crippen LogP contribution in [0.3, 0.4) is 0 Å². The molecule has 0 bridgehead atoms. The largest absolute Gasteiger partial charge is 0.353 e. The van der Waals surface area contributed by atoms with Gasteiger partial charge in [0.1, 0.15) is 5.52 Å². The Hall–Kier alpha value is -1.76. The van der Waals surface area contributed by atoms with E-state index in [2.05, 4.69) is 23.8 Å². The summed E-state index contributed by atoms with van der Waals surface area (Å²) in [5.74, 6) is 0.791. The van der Waals surface area contributed by atoms with Crippen LogP contribution in [0.2, 0.25) is 0 Å². The third kappa shape index (κ3) is 3.50. The van der Waals surface area contributed by atoms with Crippen LogP contribution < -0.4 is 5.56 Å². The van der Waals surface area contributed by atoms with E-state index < -0.39 is 0 Å². The van der Waals surface area contributed by atoms with E-state index in [9.17, 15) is 9.59 Å². The summed E-state index contributed by atoms with van der Waals surface area (Å²) >= 11 is 1.37. The van der Waals surface area contributed by atoms with Crippen LogP contribution in [-0.2, 0) is 11.3 Å². The molecular weight excluding hydrogens is 324 g/mol. The van der Waals surface area contributed by atoms with Crippen LogP contribution in [0, 0.1) is 12.8 Å². The van der Waals surface area contributed by atoms with Gasteiger partial charge in [-0.15, -0.1) is 0 Å². The van der Waals surface area contributed by atoms with Gasteiger partial charge in [0, 0.05) is 25.3 Å². The maximum absolute atomic E-state index is 12.8. The first-order valence-corrected chi connectivity index (χ1v) is 9.45. The molecule has 0 aromatic carbocycles. The molecule has 2 aromatic heterocycles. The Bertz CT molecular complexity index is 803. The molecule has 0 radical (unpaired) electrons. The van der Waals surface area contributed by atoms with E-state index in [-0.39, 0.29) is 11.5 Å². The van der Waals surface area contributed by atoms with E-state index in [1.165, 1.54) is 11.8 Å². The Balaban J connectivity index is 1.89. The standard InChI is InChI=1S/C17H24N4O2S/c1-11(2)9-21-16(23)15-13(8-12(3)18-15)19-17(21)24-10-14(22)20-6-4-5-7-20/h8,11,18H,4-7,9-10H2,1-3H3. The second-order valence-corrected chi connectivity index (χ2v) is 7.74. The van der Waals surface area contributed by atoms with Crippen molar-refractivity contribution in [3.05, 3.63) is 22.1 Å². The number of rotatable bonds is 5. The lowest BCUT2D eigenvalue weighted by molar-refractivity contribution is -0.127. The predicted octanol–water partition coefficient (Wildman–Crippen LogP) is 2.40. The van der Waals surface area contributed by atoms with Gasteiger partial charge in [0.15, 0.2) is 5.16 Å². The number of hydrogen-bond donors (Lipinski definition) is 1. The zero-order valence-electron chi connectivity index (χ0n) is 14.5. The number of carbonyl (C=O) groups is 1. The molecule has 1 amide bonds. The van der Waals surface area contributed by atoms with Crippen molar-refractivity contribution >= 4 is 28.7 Å². The molecule has 1 aliphatic rings. The molecule has 2 aromatic rings. The Morgan fingerprint density at radius 1 is 1.38 bits per heavy atom. The maximum atomic E-state index is 12.8. The molecular formula is C17H24N4O2S. The summed E-state index contributed by atoms with van der Waals surface area (Å²) in [4.78, 5) is 34.7. The Morgan fingerprint density at radius 3 is 2.75 bits per heavy atom. The Morgan fingerprint density at radius 2 is 2.08 bits per heavy atom. The van der Waals surface area contributed by atoms with Crippen LogP contribution in [0.5, 0.6) is 0 Å². The highest BCUT2D eigenvalue weighted by Gasteiger charge is 2.20. The number of likely N-dealkylation sites (tertiary alicyclic amines) is 1. The molecule has 130 valence electrons. The topological polar surface area (TPSA) is 71.0 Å². The lowest BCUT2D eigenvalue weighted by Crippen LogP contribution is -2.30. The lowest BCUT2D eigenvalue weighted by atomic mass is 10.2. The molecule has 1 aliphatic heterocycles. The molecule has 3 rings (SSSR count). The van der Waals surface area contributed by atoms with Gasteiger partial charge in [-0.3, -0.25) is 14.2 Å². The fourth-order valence-electron chi connectivity index (χ4n) is 3.03. The highest BCUT2D eigenvalue weighted by atomic mass is 32.2. The molecule has 6 nitrogen and oxygen atoms in total. The summed E-state index contributed by atoms with van der Waals surface area (Å²) in [5.41, 5.74) is 2.08. The molecule has 1 N–H and O–H groups in total. The number of carbonyl (C=O) groups excluding carboxylic acids is 1. The van der Waals surface area contributed by atoms with E-state index in [0.29, 0.717) is 34.4 Å². The van der Waals surface area contributed by atoms with Crippen molar-refractivity contribution in [3.8, 4) is 0 Å². The minimum Gasteiger partial charge on any atom is -0.353 e. The number of aromatic amines is 1. The van der Waals surface area contributed by atoms with E-state index in [1.54, 1.807) is 4.57 Å². The van der Waals surface area contributed by atoms with Gasteiger partial charge in [-0.2, -0.15) is 0 Å². The monoisotopic (exact) mass is 348 g/mol. The van der Waals surface area contributed by atoms with Crippen LogP contribution in [-0.4, -0.2) is 44.2 Å². The molecule has 0 saturated carbocycles. The van der Waals surface area contributed by atoms with E-state index in [0.717, 1.165) is 31.6 Å². The Kier molecular flexibility index (Phi) is 4.99. The minimum atomic E-state index is -0.0575. The van der Waals surface area contributed by atoms with Crippen LogP contribution in [0.1, 0.15) is 32.4 Å². The van der Waals surface area contributed by atoms with Crippen molar-refractivity contribution in [1.82, 2.24) is 19.4 Å². The first-order valence-electron chi connectivity index (χ1n) is 8.46. The smallest absolute Gasteiger partial charge is 0.278 e. The lowest BCUT2D eigenvalue weighted by Gasteiger charge is -2.16. The average molecular weight is 348 g/mol. The first kappa shape index (κ1) is 17.1. The van der Waals surface area contributed by atoms with Crippen LogP contribution in [0.15, 0.2) is 16.0 Å². The van der Waals surface area contributed by atoms with Crippen molar-refractivity contribution in [3.63, 3.8) is 0 Å². The number of nitrogens with one attached hydrogen (secondary N) is 1. The molecule has 24 heavy (non-hydrogen) atoms. The summed E-state index contributed by atoms with van der Waals surface area (Å²) in [6.07, 6.45) is 2.17. The number of thioether (sulfide) groups is 1. The van der Waals surface area contributed by atoms with Crippen molar-refractivity contribution in [2.45, 2.75) is 45.3 Å². The van der Waals surface area contributed by atoms with Gasteiger partial charge in [0.25, 0.3) is 5.56 Å². The molecule has 1 fully saturated rings. The van der Waals surface area contributed by atoms with Gasteiger partial charge in [-0.05, 0) is 31.7 Å². The number of aromatic nitrogens is 3. The molecule has 0 spiro atoms. The molecule has 1 saturated heterocycles. The van der Waals surface area contributed by atoms with Gasteiger partial charge in [-0.25, -0.2) is 4.98 Å². The van der Waals surface area contributed by atoms with E-state index >= 15 is 0 Å². The van der Waals surface area contributed by atoms with Gasteiger partial charge < -0.3 is 9.88 Å². The predicted molar refractivity (Wildman–Crippen MR) is 96.5 cm³/mol. The molecule has 7 heteroatoms. The quantitative estimate of drug-likeness (QED) is 0.665. The van der Waals surface area contributed by atoms with E-state index in [1.807, 2.05) is 17.9 Å². The molecule has 0 unspecified atom stereocenters. The zero-order chi connectivity index (χ0) is 17.3. The van der Waals surface area contributed by atoms with Crippen LogP contribution in [0.4, 0.5) is 0 Å². The number of nitrogens with zero attached hydrogens (tertiary/aromatic N) is 3. The zero-order valence-corrected chi connectivity index (χ0v) is 15.3. The second kappa shape index (κ2) is 7.01. The highest BCUT2D eigenvalue weighted by Crippen LogP contribution is 2.20. The minimum absolute atomic E-state index is 0.0575. The van der Waals surface area contributed by atoms with Gasteiger partial charge >= 0.3 is 0 Å². The highest BCUT2D eigenvalue weighted by molar-refractivity contribution is 7.99. The van der Waals surface area contributed by atoms with Crippen molar-refractivity contribution in [2.75, 3.05) is 18.8 Å². The third-order valence-corrected chi connectivity index (χ3v) is 5.13. The number of aryl methyl sites for hydroxylation is 1. The third-order valence-electron chi connectivity index (χ3n) is 4.17. The van der Waals surface area contributed by atoms with Crippen molar-refractivity contribution in [2.24, 2.45) is 5.92 Å². The SMILES string of the molecule is Cc1cc2nc(SCC(=O)N3CCCC3)n(CC(C)C)c(=O)c2[nH]1. The van der Waals surface area contributed by atoms with Crippen LogP contribution >= 0.6 is 11.8 Å². The average Bonchev–Trinajstić information content (AvgIpc) is 3.17. The fourth-order valence-corrected chi connectivity index (χ4v) is 3.94. The van der Waals surface area contributed by atoms with Gasteiger partial charge in [0.2, 0.25) is 5.91 Å². The van der Waals surface area contributed by atoms with Crippen molar-refractivity contribution in [1.29, 1.82) is 0 Å². The summed E-state index contributed by atoms with van der Waals surface area (Å²) < 4.78 is 1.70. The fraction of sp³-hybridized carbons (Fsp3) is 0.588. The first-order chi connectivity index (χ1) is 11.5. The molecule has 0 atom stereocenters. The molecule has 0 aliphatic carbocycles. The Labute approximate surface area is 145 Å². The summed E-state index contributed by atoms with van der Waals surface area (Å²) in [7, 11) is 0.